The van der Waals surface area contributed by atoms with Crippen LogP contribution in [0, 0.1) is 5.82 Å². The molecule has 0 aliphatic heterocycles. The first-order chi connectivity index (χ1) is 15.8. The Labute approximate surface area is 197 Å². The van der Waals surface area contributed by atoms with E-state index in [0.717, 1.165) is 12.1 Å². The number of carbonyl (C=O) groups is 2. The number of halogens is 2. The molecule has 1 atom stereocenters. The van der Waals surface area contributed by atoms with Gasteiger partial charge >= 0.3 is 0 Å². The average molecular weight is 491 g/mol. The van der Waals surface area contributed by atoms with Gasteiger partial charge in [0.05, 0.1) is 21.8 Å². The second-order valence-electron chi connectivity index (χ2n) is 6.71. The minimum Gasteiger partial charge on any atom is -0.612 e. The quantitative estimate of drug-likeness (QED) is 0.415. The maximum absolute atomic E-state index is 13.9. The number of carbonyl (C=O) groups excluding carboxylic acids is 2. The fourth-order valence-corrected chi connectivity index (χ4v) is 3.44. The summed E-state index contributed by atoms with van der Waals surface area (Å²) in [5.41, 5.74) is 5.57. The summed E-state index contributed by atoms with van der Waals surface area (Å²) in [7, 11) is 0. The van der Waals surface area contributed by atoms with E-state index in [1.807, 2.05) is 0 Å². The van der Waals surface area contributed by atoms with Gasteiger partial charge in [-0.2, -0.15) is 0 Å². The molecule has 3 aromatic rings. The Balaban J connectivity index is 1.88. The average Bonchev–Trinajstić information content (AvgIpc) is 2.80. The van der Waals surface area contributed by atoms with Crippen LogP contribution in [-0.4, -0.2) is 40.8 Å². The zero-order valence-corrected chi connectivity index (χ0v) is 19.0. The molecule has 11 heteroatoms. The van der Waals surface area contributed by atoms with E-state index in [2.05, 4.69) is 15.6 Å². The smallest absolute Gasteiger partial charge is 0.259 e. The summed E-state index contributed by atoms with van der Waals surface area (Å²) >= 11 is 4.50. The standard InChI is InChI=1S/C22H20ClFN4O4S/c1-33(31)15-4-5-16(19(11-15)32-9-8-25)21(29)27-18-6-3-14(24)10-17(18)22(30)28-20-7-2-13(23)12-26-20/h2-7,10-12H,8-9,25H2,1H3,(H,27,29)(H,26,28,30). The van der Waals surface area contributed by atoms with Crippen LogP contribution in [0.1, 0.15) is 20.7 Å². The van der Waals surface area contributed by atoms with Gasteiger partial charge in [0.2, 0.25) is 0 Å². The van der Waals surface area contributed by atoms with Crippen molar-refractivity contribution in [2.75, 3.05) is 30.0 Å². The largest absolute Gasteiger partial charge is 0.612 e. The number of rotatable bonds is 8. The second-order valence-corrected chi connectivity index (χ2v) is 8.53. The van der Waals surface area contributed by atoms with E-state index in [1.165, 1.54) is 48.9 Å². The third kappa shape index (κ3) is 6.42. The fraction of sp³-hybridized carbons (Fsp3) is 0.136. The summed E-state index contributed by atoms with van der Waals surface area (Å²) in [6.45, 7) is 0.347. The predicted octanol–water partition coefficient (Wildman–Crippen LogP) is 3.45. The lowest BCUT2D eigenvalue weighted by atomic mass is 10.1. The minimum absolute atomic E-state index is 0.0702. The zero-order valence-electron chi connectivity index (χ0n) is 17.4. The number of nitrogens with two attached hydrogens (primary N) is 1. The third-order valence-corrected chi connectivity index (χ3v) is 5.49. The van der Waals surface area contributed by atoms with Gasteiger partial charge in [0.1, 0.15) is 30.2 Å². The second kappa shape index (κ2) is 11.1. The first-order valence-corrected chi connectivity index (χ1v) is 11.6. The molecule has 1 unspecified atom stereocenters. The van der Waals surface area contributed by atoms with Gasteiger partial charge < -0.3 is 25.7 Å². The number of benzene rings is 2. The van der Waals surface area contributed by atoms with Crippen molar-refractivity contribution >= 4 is 46.1 Å². The molecule has 2 amide bonds. The topological polar surface area (TPSA) is 129 Å². The molecule has 33 heavy (non-hydrogen) atoms. The minimum atomic E-state index is -1.29. The lowest BCUT2D eigenvalue weighted by Crippen LogP contribution is -2.20. The van der Waals surface area contributed by atoms with Gasteiger partial charge in [0.15, 0.2) is 4.90 Å². The first-order valence-electron chi connectivity index (χ1n) is 9.62. The van der Waals surface area contributed by atoms with Crippen molar-refractivity contribution in [3.05, 3.63) is 76.7 Å². The van der Waals surface area contributed by atoms with E-state index >= 15 is 0 Å². The van der Waals surface area contributed by atoms with Gasteiger partial charge in [-0.25, -0.2) is 9.37 Å². The van der Waals surface area contributed by atoms with Crippen molar-refractivity contribution in [2.24, 2.45) is 5.73 Å². The van der Waals surface area contributed by atoms with Crippen molar-refractivity contribution in [2.45, 2.75) is 4.90 Å². The van der Waals surface area contributed by atoms with Crippen molar-refractivity contribution in [3.63, 3.8) is 0 Å². The van der Waals surface area contributed by atoms with Crippen LogP contribution < -0.4 is 21.1 Å². The molecule has 1 aromatic heterocycles. The molecule has 0 saturated heterocycles. The van der Waals surface area contributed by atoms with Crippen molar-refractivity contribution in [1.82, 2.24) is 4.98 Å². The van der Waals surface area contributed by atoms with Crippen LogP contribution in [-0.2, 0) is 11.2 Å². The molecule has 172 valence electrons. The van der Waals surface area contributed by atoms with E-state index < -0.39 is 28.8 Å². The Morgan fingerprint density at radius 1 is 1.12 bits per heavy atom. The highest BCUT2D eigenvalue weighted by Crippen LogP contribution is 2.26. The summed E-state index contributed by atoms with van der Waals surface area (Å²) in [5.74, 6) is -1.57. The van der Waals surface area contributed by atoms with E-state index in [9.17, 15) is 18.5 Å². The monoisotopic (exact) mass is 490 g/mol. The highest BCUT2D eigenvalue weighted by molar-refractivity contribution is 7.90. The molecule has 3 rings (SSSR count). The van der Waals surface area contributed by atoms with Gasteiger partial charge in [0, 0.05) is 18.8 Å². The van der Waals surface area contributed by atoms with Crippen LogP contribution in [0.25, 0.3) is 0 Å². The summed E-state index contributed by atoms with van der Waals surface area (Å²) in [6, 6.07) is 10.9. The highest BCUT2D eigenvalue weighted by Gasteiger charge is 2.20. The Kier molecular flexibility index (Phi) is 8.23. The number of nitrogens with zero attached hydrogens (tertiary/aromatic N) is 1. The Morgan fingerprint density at radius 2 is 1.88 bits per heavy atom. The van der Waals surface area contributed by atoms with E-state index in [-0.39, 0.29) is 41.5 Å². The SMILES string of the molecule is C[S+]([O-])c1ccc(C(=O)Nc2ccc(F)cc2C(=O)Nc2ccc(Cl)cn2)c(OCCN)c1. The molecule has 0 aliphatic rings. The van der Waals surface area contributed by atoms with Crippen molar-refractivity contribution in [3.8, 4) is 5.75 Å². The number of anilines is 2. The molecule has 1 heterocycles. The summed E-state index contributed by atoms with van der Waals surface area (Å²) in [5, 5.41) is 5.51. The normalized spacial score (nSPS) is 11.5. The molecule has 0 bridgehead atoms. The number of hydrogen-bond acceptors (Lipinski definition) is 6. The molecule has 2 aromatic carbocycles. The number of amides is 2. The van der Waals surface area contributed by atoms with Gasteiger partial charge in [-0.1, -0.05) is 11.6 Å². The van der Waals surface area contributed by atoms with Gasteiger partial charge in [-0.05, 0) is 53.6 Å². The highest BCUT2D eigenvalue weighted by atomic mass is 35.5. The maximum Gasteiger partial charge on any atom is 0.259 e. The molecule has 0 aliphatic carbocycles. The summed E-state index contributed by atoms with van der Waals surface area (Å²) in [6.07, 6.45) is 2.85. The number of nitrogens with one attached hydrogen (secondary N) is 2. The Hall–Kier alpha value is -3.18. The fourth-order valence-electron chi connectivity index (χ4n) is 2.79. The zero-order chi connectivity index (χ0) is 24.0. The predicted molar refractivity (Wildman–Crippen MR) is 125 cm³/mol. The van der Waals surface area contributed by atoms with Crippen LogP contribution in [0.4, 0.5) is 15.9 Å². The summed E-state index contributed by atoms with van der Waals surface area (Å²) in [4.78, 5) is 30.2. The molecular weight excluding hydrogens is 471 g/mol. The van der Waals surface area contributed by atoms with Crippen LogP contribution in [0.3, 0.4) is 0 Å². The molecule has 0 radical (unpaired) electrons. The molecular formula is C22H20ClFN4O4S. The van der Waals surface area contributed by atoms with E-state index in [0.29, 0.717) is 9.92 Å². The lowest BCUT2D eigenvalue weighted by molar-refractivity contribution is 0.102. The number of hydrogen-bond donors (Lipinski definition) is 3. The van der Waals surface area contributed by atoms with Gasteiger partial charge in [0.25, 0.3) is 11.8 Å². The number of pyridine rings is 1. The first kappa shape index (κ1) is 24.5. The van der Waals surface area contributed by atoms with Gasteiger partial charge in [-0.15, -0.1) is 0 Å². The number of aromatic nitrogens is 1. The van der Waals surface area contributed by atoms with Crippen molar-refractivity contribution < 1.29 is 23.3 Å². The van der Waals surface area contributed by atoms with Gasteiger partial charge in [-0.3, -0.25) is 9.59 Å². The van der Waals surface area contributed by atoms with Crippen LogP contribution in [0.15, 0.2) is 59.6 Å². The molecule has 4 N–H and O–H groups in total. The van der Waals surface area contributed by atoms with Crippen LogP contribution in [0.2, 0.25) is 5.02 Å². The van der Waals surface area contributed by atoms with E-state index in [4.69, 9.17) is 22.1 Å². The number of ether oxygens (including phenoxy) is 1. The molecule has 0 spiro atoms. The van der Waals surface area contributed by atoms with Crippen LogP contribution in [0.5, 0.6) is 5.75 Å². The summed E-state index contributed by atoms with van der Waals surface area (Å²) < 4.78 is 31.2. The Morgan fingerprint density at radius 3 is 2.55 bits per heavy atom. The third-order valence-electron chi connectivity index (χ3n) is 4.35. The molecule has 0 saturated carbocycles. The molecule has 0 fully saturated rings. The Bertz CT molecular complexity index is 1160. The van der Waals surface area contributed by atoms with E-state index in [1.54, 1.807) is 0 Å². The van der Waals surface area contributed by atoms with Crippen molar-refractivity contribution in [1.29, 1.82) is 0 Å². The maximum atomic E-state index is 13.9. The molecule has 8 nitrogen and oxygen atoms in total. The lowest BCUT2D eigenvalue weighted by Gasteiger charge is -2.15. The van der Waals surface area contributed by atoms with Crippen LogP contribution >= 0.6 is 11.6 Å².